The van der Waals surface area contributed by atoms with E-state index in [1.807, 2.05) is 18.2 Å². The van der Waals surface area contributed by atoms with E-state index in [1.54, 1.807) is 36.6 Å². The molecule has 2 rings (SSSR count). The van der Waals surface area contributed by atoms with Gasteiger partial charge in [-0.3, -0.25) is 9.78 Å². The number of amides is 1. The van der Waals surface area contributed by atoms with E-state index in [1.165, 1.54) is 5.56 Å². The van der Waals surface area contributed by atoms with E-state index in [0.717, 1.165) is 18.5 Å². The summed E-state index contributed by atoms with van der Waals surface area (Å²) in [4.78, 5) is 22.4. The number of pyridine rings is 2. The normalized spacial score (nSPS) is 11.8. The third-order valence-electron chi connectivity index (χ3n) is 3.84. The van der Waals surface area contributed by atoms with Gasteiger partial charge in [0.2, 0.25) is 0 Å². The number of likely N-dealkylation sites (N-methyl/N-ethyl adjacent to an activating group) is 1. The first kappa shape index (κ1) is 16.9. The van der Waals surface area contributed by atoms with Crippen molar-refractivity contribution < 1.29 is 4.79 Å². The molecule has 2 aromatic rings. The summed E-state index contributed by atoms with van der Waals surface area (Å²) in [6.45, 7) is 4.89. The molecule has 0 aliphatic carbocycles. The molecule has 1 unspecified atom stereocenters. The third-order valence-corrected chi connectivity index (χ3v) is 3.84. The van der Waals surface area contributed by atoms with Crippen LogP contribution in [0.15, 0.2) is 42.9 Å². The van der Waals surface area contributed by atoms with Crippen molar-refractivity contribution in [3.63, 3.8) is 0 Å². The number of hydrogen-bond donors (Lipinski definition) is 1. The molecule has 0 saturated carbocycles. The molecule has 0 fully saturated rings. The average Bonchev–Trinajstić information content (AvgIpc) is 2.60. The van der Waals surface area contributed by atoms with Crippen molar-refractivity contribution in [2.45, 2.75) is 32.7 Å². The highest BCUT2D eigenvalue weighted by Gasteiger charge is 2.13. The second kappa shape index (κ2) is 8.27. The van der Waals surface area contributed by atoms with Crippen LogP contribution in [0.3, 0.4) is 0 Å². The third kappa shape index (κ3) is 5.06. The molecule has 0 saturated heterocycles. The summed E-state index contributed by atoms with van der Waals surface area (Å²) in [6, 6.07) is 8.00. The number of aromatic nitrogens is 2. The zero-order valence-electron chi connectivity index (χ0n) is 14.0. The lowest BCUT2D eigenvalue weighted by molar-refractivity contribution is 0.0791. The first-order valence-electron chi connectivity index (χ1n) is 7.97. The number of hydrogen-bond acceptors (Lipinski definition) is 4. The van der Waals surface area contributed by atoms with Gasteiger partial charge < -0.3 is 10.2 Å². The van der Waals surface area contributed by atoms with Crippen molar-refractivity contribution in [3.8, 4) is 0 Å². The molecule has 1 atom stereocenters. The molecule has 0 bridgehead atoms. The lowest BCUT2D eigenvalue weighted by Gasteiger charge is -2.17. The molecule has 2 heterocycles. The van der Waals surface area contributed by atoms with Crippen molar-refractivity contribution in [1.29, 1.82) is 0 Å². The fraction of sp³-hybridized carbons (Fsp3) is 0.389. The number of anilines is 1. The molecular weight excluding hydrogens is 288 g/mol. The van der Waals surface area contributed by atoms with Crippen molar-refractivity contribution in [2.24, 2.45) is 0 Å². The van der Waals surface area contributed by atoms with E-state index < -0.39 is 0 Å². The van der Waals surface area contributed by atoms with Gasteiger partial charge in [0, 0.05) is 32.0 Å². The quantitative estimate of drug-likeness (QED) is 0.854. The first-order valence-corrected chi connectivity index (χ1v) is 7.97. The Morgan fingerprint density at radius 2 is 2.00 bits per heavy atom. The fourth-order valence-corrected chi connectivity index (χ4v) is 2.14. The standard InChI is InChI=1S/C18H24N4O/c1-4-14(2)21-16-5-6-17(20-13-16)18(23)22(3)12-9-15-7-10-19-11-8-15/h5-8,10-11,13-14,21H,4,9,12H2,1-3H3. The SMILES string of the molecule is CCC(C)Nc1ccc(C(=O)N(C)CCc2ccncc2)nc1. The van der Waals surface area contributed by atoms with Gasteiger partial charge in [0.25, 0.3) is 5.91 Å². The number of nitrogens with one attached hydrogen (secondary N) is 1. The van der Waals surface area contributed by atoms with Crippen LogP contribution >= 0.6 is 0 Å². The maximum absolute atomic E-state index is 12.4. The highest BCUT2D eigenvalue weighted by molar-refractivity contribution is 5.92. The zero-order valence-corrected chi connectivity index (χ0v) is 14.0. The van der Waals surface area contributed by atoms with Gasteiger partial charge in [0.1, 0.15) is 5.69 Å². The molecular formula is C18H24N4O. The van der Waals surface area contributed by atoms with Gasteiger partial charge in [-0.05, 0) is 49.6 Å². The minimum Gasteiger partial charge on any atom is -0.381 e. The fourth-order valence-electron chi connectivity index (χ4n) is 2.14. The van der Waals surface area contributed by atoms with Crippen LogP contribution in [0.2, 0.25) is 0 Å². The summed E-state index contributed by atoms with van der Waals surface area (Å²) in [7, 11) is 1.80. The molecule has 5 nitrogen and oxygen atoms in total. The Labute approximate surface area is 137 Å². The maximum Gasteiger partial charge on any atom is 0.272 e. The molecule has 0 radical (unpaired) electrons. The highest BCUT2D eigenvalue weighted by Crippen LogP contribution is 2.10. The predicted molar refractivity (Wildman–Crippen MR) is 92.5 cm³/mol. The van der Waals surface area contributed by atoms with E-state index in [-0.39, 0.29) is 5.91 Å². The van der Waals surface area contributed by atoms with Gasteiger partial charge in [-0.2, -0.15) is 0 Å². The lowest BCUT2D eigenvalue weighted by atomic mass is 10.2. The van der Waals surface area contributed by atoms with Gasteiger partial charge in [0.15, 0.2) is 0 Å². The van der Waals surface area contributed by atoms with E-state index in [2.05, 4.69) is 29.1 Å². The van der Waals surface area contributed by atoms with Crippen LogP contribution < -0.4 is 5.32 Å². The molecule has 5 heteroatoms. The summed E-state index contributed by atoms with van der Waals surface area (Å²) in [5.41, 5.74) is 2.58. The van der Waals surface area contributed by atoms with Gasteiger partial charge in [-0.1, -0.05) is 6.92 Å². The molecule has 23 heavy (non-hydrogen) atoms. The van der Waals surface area contributed by atoms with Crippen LogP contribution in [-0.4, -0.2) is 40.4 Å². The highest BCUT2D eigenvalue weighted by atomic mass is 16.2. The Morgan fingerprint density at radius 3 is 2.61 bits per heavy atom. The maximum atomic E-state index is 12.4. The van der Waals surface area contributed by atoms with Gasteiger partial charge >= 0.3 is 0 Å². The van der Waals surface area contributed by atoms with E-state index >= 15 is 0 Å². The Morgan fingerprint density at radius 1 is 1.26 bits per heavy atom. The monoisotopic (exact) mass is 312 g/mol. The number of carbonyl (C=O) groups is 1. The topological polar surface area (TPSA) is 58.1 Å². The largest absolute Gasteiger partial charge is 0.381 e. The summed E-state index contributed by atoms with van der Waals surface area (Å²) in [6.07, 6.45) is 7.09. The van der Waals surface area contributed by atoms with Crippen LogP contribution in [0.1, 0.15) is 36.3 Å². The molecule has 1 N–H and O–H groups in total. The molecule has 0 spiro atoms. The summed E-state index contributed by atoms with van der Waals surface area (Å²) >= 11 is 0. The minimum absolute atomic E-state index is 0.0610. The summed E-state index contributed by atoms with van der Waals surface area (Å²) < 4.78 is 0. The molecule has 0 aliphatic heterocycles. The van der Waals surface area contributed by atoms with E-state index in [4.69, 9.17) is 0 Å². The number of rotatable bonds is 7. The van der Waals surface area contributed by atoms with Crippen LogP contribution in [0.5, 0.6) is 0 Å². The summed E-state index contributed by atoms with van der Waals surface area (Å²) in [5.74, 6) is -0.0610. The smallest absolute Gasteiger partial charge is 0.272 e. The van der Waals surface area contributed by atoms with Crippen LogP contribution in [0.25, 0.3) is 0 Å². The Hall–Kier alpha value is -2.43. The Bertz CT molecular complexity index is 613. The van der Waals surface area contributed by atoms with Crippen molar-refractivity contribution in [1.82, 2.24) is 14.9 Å². The number of carbonyl (C=O) groups excluding carboxylic acids is 1. The second-order valence-electron chi connectivity index (χ2n) is 5.72. The van der Waals surface area contributed by atoms with Crippen molar-refractivity contribution in [2.75, 3.05) is 18.9 Å². The van der Waals surface area contributed by atoms with Crippen LogP contribution in [0.4, 0.5) is 5.69 Å². The van der Waals surface area contributed by atoms with Crippen molar-refractivity contribution in [3.05, 3.63) is 54.1 Å². The lowest BCUT2D eigenvalue weighted by Crippen LogP contribution is -2.29. The molecule has 1 amide bonds. The van der Waals surface area contributed by atoms with E-state index in [9.17, 15) is 4.79 Å². The van der Waals surface area contributed by atoms with Crippen molar-refractivity contribution >= 4 is 11.6 Å². The number of nitrogens with zero attached hydrogens (tertiary/aromatic N) is 3. The Kier molecular flexibility index (Phi) is 6.09. The molecule has 2 aromatic heterocycles. The zero-order chi connectivity index (χ0) is 16.7. The molecule has 0 aliphatic rings. The van der Waals surface area contributed by atoms with Crippen LogP contribution in [0, 0.1) is 0 Å². The van der Waals surface area contributed by atoms with E-state index in [0.29, 0.717) is 18.3 Å². The average molecular weight is 312 g/mol. The van der Waals surface area contributed by atoms with Gasteiger partial charge in [0.05, 0.1) is 11.9 Å². The first-order chi connectivity index (χ1) is 11.1. The second-order valence-corrected chi connectivity index (χ2v) is 5.72. The predicted octanol–water partition coefficient (Wildman–Crippen LogP) is 3.00. The van der Waals surface area contributed by atoms with Gasteiger partial charge in [-0.15, -0.1) is 0 Å². The molecule has 0 aromatic carbocycles. The molecule has 122 valence electrons. The van der Waals surface area contributed by atoms with Crippen LogP contribution in [-0.2, 0) is 6.42 Å². The van der Waals surface area contributed by atoms with Gasteiger partial charge in [-0.25, -0.2) is 4.98 Å². The Balaban J connectivity index is 1.91. The summed E-state index contributed by atoms with van der Waals surface area (Å²) in [5, 5.41) is 3.34. The minimum atomic E-state index is -0.0610.